The third-order valence-electron chi connectivity index (χ3n) is 6.28. The van der Waals surface area contributed by atoms with Crippen molar-refractivity contribution < 1.29 is 19.2 Å². The van der Waals surface area contributed by atoms with Gasteiger partial charge in [0.1, 0.15) is 6.04 Å². The first kappa shape index (κ1) is 22.6. The quantitative estimate of drug-likeness (QED) is 0.394. The molecule has 2 aliphatic rings. The number of hydrogen-bond acceptors (Lipinski definition) is 4. The molecule has 33 heavy (non-hydrogen) atoms. The Balaban J connectivity index is 1.56. The van der Waals surface area contributed by atoms with Crippen molar-refractivity contribution in [3.05, 3.63) is 77.9 Å². The second-order valence-electron chi connectivity index (χ2n) is 9.11. The number of likely N-dealkylation sites (tertiary alicyclic amines) is 1. The lowest BCUT2D eigenvalue weighted by atomic mass is 9.85. The Morgan fingerprint density at radius 1 is 0.909 bits per heavy atom. The molecule has 0 spiro atoms. The van der Waals surface area contributed by atoms with Crippen LogP contribution in [0.5, 0.6) is 0 Å². The first-order chi connectivity index (χ1) is 15.9. The summed E-state index contributed by atoms with van der Waals surface area (Å²) in [6.07, 6.45) is 5.31. The molecule has 1 aliphatic carbocycles. The van der Waals surface area contributed by atoms with Gasteiger partial charge in [-0.1, -0.05) is 68.5 Å². The van der Waals surface area contributed by atoms with Gasteiger partial charge in [-0.2, -0.15) is 0 Å². The van der Waals surface area contributed by atoms with Crippen LogP contribution in [0.1, 0.15) is 49.0 Å². The molecular weight excluding hydrogens is 416 g/mol. The second-order valence-corrected chi connectivity index (χ2v) is 9.11. The Kier molecular flexibility index (Phi) is 6.54. The van der Waals surface area contributed by atoms with Gasteiger partial charge in [0.15, 0.2) is 5.78 Å². The standard InChI is InChI=1S/C27H28N2O4/c1-17(2)15-23(29-26(32)21-13-6-7-14-22(21)27(29)33)25(31)28-20-12-8-11-19(16-20)24(30)18-9-4-3-5-10-18/h3-12,16-17,21-23H,13-15H2,1-2H3,(H,28,31). The molecule has 6 nitrogen and oxygen atoms in total. The van der Waals surface area contributed by atoms with Crippen molar-refractivity contribution in [3.63, 3.8) is 0 Å². The zero-order chi connectivity index (χ0) is 23.5. The molecule has 3 atom stereocenters. The van der Waals surface area contributed by atoms with Gasteiger partial charge in [0, 0.05) is 16.8 Å². The van der Waals surface area contributed by atoms with E-state index in [9.17, 15) is 19.2 Å². The highest BCUT2D eigenvalue weighted by atomic mass is 16.2. The maximum absolute atomic E-state index is 13.3. The minimum atomic E-state index is -0.885. The van der Waals surface area contributed by atoms with E-state index in [0.717, 1.165) is 0 Å². The summed E-state index contributed by atoms with van der Waals surface area (Å²) in [7, 11) is 0. The van der Waals surface area contributed by atoms with Crippen molar-refractivity contribution in [1.82, 2.24) is 4.90 Å². The van der Waals surface area contributed by atoms with Crippen LogP contribution in [0.15, 0.2) is 66.7 Å². The lowest BCUT2D eigenvalue weighted by Gasteiger charge is -2.27. The Bertz CT molecular complexity index is 1080. The van der Waals surface area contributed by atoms with Crippen molar-refractivity contribution in [2.75, 3.05) is 5.32 Å². The maximum Gasteiger partial charge on any atom is 0.247 e. The zero-order valence-electron chi connectivity index (χ0n) is 18.9. The number of amides is 3. The molecule has 0 saturated carbocycles. The van der Waals surface area contributed by atoms with E-state index in [1.54, 1.807) is 48.5 Å². The molecule has 1 N–H and O–H groups in total. The zero-order valence-corrected chi connectivity index (χ0v) is 18.9. The smallest absolute Gasteiger partial charge is 0.247 e. The molecule has 1 heterocycles. The predicted molar refractivity (Wildman–Crippen MR) is 125 cm³/mol. The average Bonchev–Trinajstić information content (AvgIpc) is 3.07. The fourth-order valence-electron chi connectivity index (χ4n) is 4.63. The fraction of sp³-hybridized carbons (Fsp3) is 0.333. The topological polar surface area (TPSA) is 83.6 Å². The first-order valence-electron chi connectivity index (χ1n) is 11.4. The Labute approximate surface area is 193 Å². The largest absolute Gasteiger partial charge is 0.324 e. The van der Waals surface area contributed by atoms with Gasteiger partial charge in [-0.25, -0.2) is 0 Å². The van der Waals surface area contributed by atoms with E-state index in [-0.39, 0.29) is 35.4 Å². The molecule has 1 fully saturated rings. The van der Waals surface area contributed by atoms with Crippen molar-refractivity contribution in [2.24, 2.45) is 17.8 Å². The summed E-state index contributed by atoms with van der Waals surface area (Å²) < 4.78 is 0. The molecule has 6 heteroatoms. The minimum Gasteiger partial charge on any atom is -0.324 e. The number of hydrogen-bond donors (Lipinski definition) is 1. The van der Waals surface area contributed by atoms with Crippen molar-refractivity contribution in [1.29, 1.82) is 0 Å². The average molecular weight is 445 g/mol. The van der Waals surface area contributed by atoms with E-state index in [0.29, 0.717) is 36.1 Å². The molecule has 170 valence electrons. The number of fused-ring (bicyclic) bond motifs is 1. The molecule has 1 saturated heterocycles. The summed E-state index contributed by atoms with van der Waals surface area (Å²) in [5.74, 6) is -1.74. The first-order valence-corrected chi connectivity index (χ1v) is 11.4. The molecular formula is C27H28N2O4. The number of imide groups is 1. The number of anilines is 1. The van der Waals surface area contributed by atoms with Gasteiger partial charge in [-0.15, -0.1) is 0 Å². The lowest BCUT2D eigenvalue weighted by Crippen LogP contribution is -2.48. The summed E-state index contributed by atoms with van der Waals surface area (Å²) in [5.41, 5.74) is 1.46. The monoisotopic (exact) mass is 444 g/mol. The van der Waals surface area contributed by atoms with Crippen molar-refractivity contribution in [2.45, 2.75) is 39.2 Å². The summed E-state index contributed by atoms with van der Waals surface area (Å²) in [6.45, 7) is 3.91. The number of benzene rings is 2. The number of nitrogens with one attached hydrogen (secondary N) is 1. The van der Waals surface area contributed by atoms with Gasteiger partial charge in [-0.05, 0) is 37.3 Å². The fourth-order valence-corrected chi connectivity index (χ4v) is 4.63. The highest BCUT2D eigenvalue weighted by Crippen LogP contribution is 2.37. The highest BCUT2D eigenvalue weighted by Gasteiger charge is 2.51. The Hall–Kier alpha value is -3.54. The number of rotatable bonds is 7. The maximum atomic E-state index is 13.3. The van der Waals surface area contributed by atoms with Gasteiger partial charge in [0.05, 0.1) is 11.8 Å². The number of allylic oxidation sites excluding steroid dienone is 2. The van der Waals surface area contributed by atoms with E-state index >= 15 is 0 Å². The summed E-state index contributed by atoms with van der Waals surface area (Å²) in [4.78, 5) is 53.5. The molecule has 0 aromatic heterocycles. The summed E-state index contributed by atoms with van der Waals surface area (Å²) in [5, 5.41) is 2.84. The second kappa shape index (κ2) is 9.53. The van der Waals surface area contributed by atoms with E-state index < -0.39 is 11.9 Å². The van der Waals surface area contributed by atoms with Crippen molar-refractivity contribution in [3.8, 4) is 0 Å². The van der Waals surface area contributed by atoms with Crippen LogP contribution < -0.4 is 5.32 Å². The molecule has 3 unspecified atom stereocenters. The summed E-state index contributed by atoms with van der Waals surface area (Å²) >= 11 is 0. The van der Waals surface area contributed by atoms with Crippen LogP contribution in [0.2, 0.25) is 0 Å². The van der Waals surface area contributed by atoms with Crippen LogP contribution in [-0.4, -0.2) is 34.4 Å². The van der Waals surface area contributed by atoms with Crippen LogP contribution in [0.3, 0.4) is 0 Å². The number of ketones is 1. The van der Waals surface area contributed by atoms with Gasteiger partial charge in [0.2, 0.25) is 17.7 Å². The molecule has 3 amide bonds. The van der Waals surface area contributed by atoms with Crippen LogP contribution in [0.4, 0.5) is 5.69 Å². The molecule has 1 aliphatic heterocycles. The van der Waals surface area contributed by atoms with E-state index in [1.807, 2.05) is 32.1 Å². The summed E-state index contributed by atoms with van der Waals surface area (Å²) in [6, 6.07) is 14.8. The van der Waals surface area contributed by atoms with Crippen LogP contribution in [0, 0.1) is 17.8 Å². The third-order valence-corrected chi connectivity index (χ3v) is 6.28. The Morgan fingerprint density at radius 2 is 1.52 bits per heavy atom. The normalized spacial score (nSPS) is 20.6. The Morgan fingerprint density at radius 3 is 2.12 bits per heavy atom. The van der Waals surface area contributed by atoms with Gasteiger partial charge < -0.3 is 5.32 Å². The number of nitrogens with zero attached hydrogens (tertiary/aromatic N) is 1. The molecule has 2 aromatic rings. The van der Waals surface area contributed by atoms with Crippen LogP contribution in [-0.2, 0) is 14.4 Å². The number of carbonyl (C=O) groups is 4. The van der Waals surface area contributed by atoms with Gasteiger partial charge in [0.25, 0.3) is 0 Å². The van der Waals surface area contributed by atoms with E-state index in [4.69, 9.17) is 0 Å². The predicted octanol–water partition coefficient (Wildman–Crippen LogP) is 4.22. The van der Waals surface area contributed by atoms with Gasteiger partial charge >= 0.3 is 0 Å². The van der Waals surface area contributed by atoms with E-state index in [2.05, 4.69) is 5.32 Å². The van der Waals surface area contributed by atoms with Crippen LogP contribution in [0.25, 0.3) is 0 Å². The minimum absolute atomic E-state index is 0.105. The molecule has 2 aromatic carbocycles. The van der Waals surface area contributed by atoms with E-state index in [1.165, 1.54) is 4.90 Å². The van der Waals surface area contributed by atoms with Crippen LogP contribution >= 0.6 is 0 Å². The molecule has 0 bridgehead atoms. The lowest BCUT2D eigenvalue weighted by molar-refractivity contribution is -0.147. The van der Waals surface area contributed by atoms with Gasteiger partial charge in [-0.3, -0.25) is 24.1 Å². The SMILES string of the molecule is CC(C)CC(C(=O)Nc1cccc(C(=O)c2ccccc2)c1)N1C(=O)C2CC=CCC2C1=O. The molecule has 4 rings (SSSR count). The van der Waals surface area contributed by atoms with Crippen molar-refractivity contribution >= 4 is 29.2 Å². The number of carbonyl (C=O) groups excluding carboxylic acids is 4. The molecule has 0 radical (unpaired) electrons. The third kappa shape index (κ3) is 4.65. The highest BCUT2D eigenvalue weighted by molar-refractivity contribution is 6.11.